The highest BCUT2D eigenvalue weighted by Gasteiger charge is 2.13. The lowest BCUT2D eigenvalue weighted by Gasteiger charge is -2.05. The fourth-order valence-electron chi connectivity index (χ4n) is 1.96. The maximum atomic E-state index is 5.93. The fourth-order valence-corrected chi connectivity index (χ4v) is 2.28. The van der Waals surface area contributed by atoms with Gasteiger partial charge in [0.2, 0.25) is 0 Å². The minimum absolute atomic E-state index is 0.496. The molecule has 0 unspecified atom stereocenters. The summed E-state index contributed by atoms with van der Waals surface area (Å²) < 4.78 is 6.82. The summed E-state index contributed by atoms with van der Waals surface area (Å²) in [6, 6.07) is 3.60. The Balaban J connectivity index is 2.10. The quantitative estimate of drug-likeness (QED) is 0.695. The number of aromatic nitrogens is 4. The van der Waals surface area contributed by atoms with Crippen molar-refractivity contribution in [1.82, 2.24) is 19.7 Å². The molecule has 3 rings (SSSR count). The van der Waals surface area contributed by atoms with Crippen LogP contribution in [0, 0.1) is 0 Å². The molecule has 0 aromatic carbocycles. The van der Waals surface area contributed by atoms with E-state index in [0.717, 1.165) is 22.7 Å². The molecule has 0 aliphatic rings. The molecule has 5 nitrogen and oxygen atoms in total. The van der Waals surface area contributed by atoms with E-state index >= 15 is 0 Å². The molecule has 0 saturated heterocycles. The van der Waals surface area contributed by atoms with Crippen LogP contribution in [0.1, 0.15) is 11.5 Å². The third-order valence-electron chi connectivity index (χ3n) is 2.76. The van der Waals surface area contributed by atoms with Crippen molar-refractivity contribution in [2.75, 3.05) is 5.88 Å². The molecule has 0 aliphatic heterocycles. The molecule has 7 heteroatoms. The lowest BCUT2D eigenvalue weighted by atomic mass is 10.4. The Hall–Kier alpha value is -1.59. The second-order valence-electron chi connectivity index (χ2n) is 4.04. The van der Waals surface area contributed by atoms with Crippen LogP contribution in [0.25, 0.3) is 11.2 Å². The van der Waals surface area contributed by atoms with E-state index in [4.69, 9.17) is 27.7 Å². The Morgan fingerprint density at radius 3 is 3.00 bits per heavy atom. The standard InChI is InChI=1S/C12H10Cl2N4O/c13-3-1-11-16-10-5-8(14)6-15-12(10)18(11)7-9-2-4-19-17-9/h2,4-6H,1,3,7H2. The Morgan fingerprint density at radius 2 is 2.26 bits per heavy atom. The van der Waals surface area contributed by atoms with Gasteiger partial charge in [-0.1, -0.05) is 16.8 Å². The molecule has 3 aromatic heterocycles. The Kier molecular flexibility index (Phi) is 3.40. The van der Waals surface area contributed by atoms with E-state index in [1.165, 1.54) is 0 Å². The van der Waals surface area contributed by atoms with Crippen LogP contribution in [0.15, 0.2) is 29.1 Å². The van der Waals surface area contributed by atoms with Gasteiger partial charge >= 0.3 is 0 Å². The van der Waals surface area contributed by atoms with E-state index in [2.05, 4.69) is 15.1 Å². The number of hydrogen-bond acceptors (Lipinski definition) is 4. The van der Waals surface area contributed by atoms with Gasteiger partial charge in [-0.2, -0.15) is 0 Å². The first-order valence-electron chi connectivity index (χ1n) is 5.74. The average Bonchev–Trinajstić information content (AvgIpc) is 2.99. The molecule has 0 amide bonds. The SMILES string of the molecule is ClCCc1nc2cc(Cl)cnc2n1Cc1ccon1. The molecular formula is C12H10Cl2N4O. The van der Waals surface area contributed by atoms with Crippen LogP contribution >= 0.6 is 23.2 Å². The van der Waals surface area contributed by atoms with Gasteiger partial charge in [0.25, 0.3) is 0 Å². The second kappa shape index (κ2) is 5.19. The van der Waals surface area contributed by atoms with E-state index < -0.39 is 0 Å². The lowest BCUT2D eigenvalue weighted by molar-refractivity contribution is 0.409. The molecule has 0 spiro atoms. The van der Waals surface area contributed by atoms with Crippen molar-refractivity contribution >= 4 is 34.4 Å². The van der Waals surface area contributed by atoms with Gasteiger partial charge in [-0.05, 0) is 6.07 Å². The maximum Gasteiger partial charge on any atom is 0.160 e. The number of rotatable bonds is 4. The zero-order valence-electron chi connectivity index (χ0n) is 9.88. The van der Waals surface area contributed by atoms with Crippen molar-refractivity contribution in [3.05, 3.63) is 41.1 Å². The van der Waals surface area contributed by atoms with E-state index in [0.29, 0.717) is 23.9 Å². The number of nitrogens with zero attached hydrogens (tertiary/aromatic N) is 4. The number of fused-ring (bicyclic) bond motifs is 1. The molecule has 0 fully saturated rings. The fraction of sp³-hybridized carbons (Fsp3) is 0.250. The van der Waals surface area contributed by atoms with E-state index in [9.17, 15) is 0 Å². The first-order chi connectivity index (χ1) is 9.28. The molecule has 98 valence electrons. The summed E-state index contributed by atoms with van der Waals surface area (Å²) in [7, 11) is 0. The predicted molar refractivity (Wildman–Crippen MR) is 72.6 cm³/mol. The van der Waals surface area contributed by atoms with Crippen LogP contribution in [0.5, 0.6) is 0 Å². The second-order valence-corrected chi connectivity index (χ2v) is 4.85. The van der Waals surface area contributed by atoms with Crippen molar-refractivity contribution in [3.8, 4) is 0 Å². The molecule has 3 heterocycles. The summed E-state index contributed by atoms with van der Waals surface area (Å²) in [5.41, 5.74) is 2.34. The highest BCUT2D eigenvalue weighted by atomic mass is 35.5. The number of hydrogen-bond donors (Lipinski definition) is 0. The minimum atomic E-state index is 0.496. The van der Waals surface area contributed by atoms with Crippen molar-refractivity contribution < 1.29 is 4.52 Å². The number of aryl methyl sites for hydroxylation is 1. The molecule has 0 saturated carbocycles. The summed E-state index contributed by atoms with van der Waals surface area (Å²) >= 11 is 11.7. The summed E-state index contributed by atoms with van der Waals surface area (Å²) in [4.78, 5) is 8.85. The predicted octanol–water partition coefficient (Wildman–Crippen LogP) is 2.90. The van der Waals surface area contributed by atoms with Gasteiger partial charge in [0.1, 0.15) is 23.3 Å². The van der Waals surface area contributed by atoms with Gasteiger partial charge in [0, 0.05) is 24.6 Å². The summed E-state index contributed by atoms with van der Waals surface area (Å²) in [6.45, 7) is 0.549. The summed E-state index contributed by atoms with van der Waals surface area (Å²) in [6.07, 6.45) is 3.81. The van der Waals surface area contributed by atoms with Crippen molar-refractivity contribution in [1.29, 1.82) is 0 Å². The Bertz CT molecular complexity index is 693. The van der Waals surface area contributed by atoms with Crippen molar-refractivity contribution in [3.63, 3.8) is 0 Å². The number of pyridine rings is 1. The lowest BCUT2D eigenvalue weighted by Crippen LogP contribution is -2.06. The zero-order chi connectivity index (χ0) is 13.2. The molecule has 3 aromatic rings. The summed E-state index contributed by atoms with van der Waals surface area (Å²) in [5, 5.41) is 4.47. The van der Waals surface area contributed by atoms with Crippen LogP contribution in [0.4, 0.5) is 0 Å². The number of halogens is 2. The Morgan fingerprint density at radius 1 is 1.37 bits per heavy atom. The van der Waals surface area contributed by atoms with Crippen LogP contribution in [0.2, 0.25) is 5.02 Å². The molecule has 19 heavy (non-hydrogen) atoms. The minimum Gasteiger partial charge on any atom is -0.364 e. The molecule has 0 radical (unpaired) electrons. The molecule has 0 bridgehead atoms. The molecule has 0 atom stereocenters. The third-order valence-corrected chi connectivity index (χ3v) is 3.16. The first kappa shape index (κ1) is 12.4. The maximum absolute atomic E-state index is 5.93. The van der Waals surface area contributed by atoms with Gasteiger partial charge in [-0.3, -0.25) is 0 Å². The van der Waals surface area contributed by atoms with Crippen molar-refractivity contribution in [2.24, 2.45) is 0 Å². The monoisotopic (exact) mass is 296 g/mol. The average molecular weight is 297 g/mol. The van der Waals surface area contributed by atoms with Crippen LogP contribution in [0.3, 0.4) is 0 Å². The molecule has 0 N–H and O–H groups in total. The highest BCUT2D eigenvalue weighted by molar-refractivity contribution is 6.31. The van der Waals surface area contributed by atoms with E-state index in [1.807, 2.05) is 10.6 Å². The zero-order valence-corrected chi connectivity index (χ0v) is 11.4. The van der Waals surface area contributed by atoms with Gasteiger partial charge in [-0.25, -0.2) is 9.97 Å². The smallest absolute Gasteiger partial charge is 0.160 e. The Labute approximate surface area is 119 Å². The number of alkyl halides is 1. The topological polar surface area (TPSA) is 56.7 Å². The molecule has 0 aliphatic carbocycles. The van der Waals surface area contributed by atoms with Gasteiger partial charge in [-0.15, -0.1) is 11.6 Å². The van der Waals surface area contributed by atoms with Gasteiger partial charge < -0.3 is 9.09 Å². The third kappa shape index (κ3) is 2.43. The van der Waals surface area contributed by atoms with Gasteiger partial charge in [0.15, 0.2) is 5.65 Å². The summed E-state index contributed by atoms with van der Waals surface area (Å²) in [5.74, 6) is 1.36. The molecular weight excluding hydrogens is 287 g/mol. The van der Waals surface area contributed by atoms with Crippen LogP contribution in [-0.4, -0.2) is 25.6 Å². The van der Waals surface area contributed by atoms with Crippen molar-refractivity contribution in [2.45, 2.75) is 13.0 Å². The van der Waals surface area contributed by atoms with E-state index in [1.54, 1.807) is 18.5 Å². The highest BCUT2D eigenvalue weighted by Crippen LogP contribution is 2.19. The van der Waals surface area contributed by atoms with E-state index in [-0.39, 0.29) is 0 Å². The van der Waals surface area contributed by atoms with Crippen LogP contribution in [-0.2, 0) is 13.0 Å². The van der Waals surface area contributed by atoms with Crippen LogP contribution < -0.4 is 0 Å². The number of imidazole rings is 1. The largest absolute Gasteiger partial charge is 0.364 e. The first-order valence-corrected chi connectivity index (χ1v) is 6.65. The van der Waals surface area contributed by atoms with Gasteiger partial charge in [0.05, 0.1) is 11.6 Å². The normalized spacial score (nSPS) is 11.3.